The summed E-state index contributed by atoms with van der Waals surface area (Å²) in [6, 6.07) is 13.6. The first-order valence-corrected chi connectivity index (χ1v) is 11.7. The van der Waals surface area contributed by atoms with Gasteiger partial charge in [-0.1, -0.05) is 18.2 Å². The van der Waals surface area contributed by atoms with Gasteiger partial charge in [-0.15, -0.1) is 0 Å². The van der Waals surface area contributed by atoms with E-state index in [9.17, 15) is 14.0 Å². The van der Waals surface area contributed by atoms with E-state index in [1.165, 1.54) is 12.1 Å². The van der Waals surface area contributed by atoms with Crippen molar-refractivity contribution in [3.63, 3.8) is 0 Å². The molecule has 2 heterocycles. The quantitative estimate of drug-likeness (QED) is 0.526. The Hall–Kier alpha value is -4.14. The molecule has 4 rings (SSSR count). The Balaban J connectivity index is 1.57. The molecule has 0 fully saturated rings. The highest BCUT2D eigenvalue weighted by atomic mass is 19.1. The number of fused-ring (bicyclic) bond motifs is 1. The minimum absolute atomic E-state index is 0.261. The summed E-state index contributed by atoms with van der Waals surface area (Å²) in [6.07, 6.45) is 2.24. The maximum atomic E-state index is 13.7. The van der Waals surface area contributed by atoms with Crippen LogP contribution in [-0.2, 0) is 17.8 Å². The number of carbonyl (C=O) groups is 2. The molecule has 1 aliphatic heterocycles. The number of ether oxygens (including phenoxy) is 2. The monoisotopic (exact) mass is 492 g/mol. The van der Waals surface area contributed by atoms with Crippen LogP contribution < -0.4 is 20.1 Å². The van der Waals surface area contributed by atoms with Gasteiger partial charge in [-0.25, -0.2) is 9.18 Å². The molecule has 0 spiro atoms. The number of hydrogen-bond acceptors (Lipinski definition) is 5. The van der Waals surface area contributed by atoms with Gasteiger partial charge in [0.05, 0.1) is 32.5 Å². The average molecular weight is 493 g/mol. The molecule has 1 aliphatic rings. The molecule has 2 aromatic carbocycles. The summed E-state index contributed by atoms with van der Waals surface area (Å²) in [5.74, 6) is 0.450. The second-order valence-corrected chi connectivity index (χ2v) is 8.51. The van der Waals surface area contributed by atoms with Crippen molar-refractivity contribution in [2.45, 2.75) is 32.0 Å². The van der Waals surface area contributed by atoms with Crippen molar-refractivity contribution >= 4 is 11.9 Å². The smallest absolute Gasteiger partial charge is 0.318 e. The predicted molar refractivity (Wildman–Crippen MR) is 132 cm³/mol. The van der Waals surface area contributed by atoms with E-state index in [0.717, 1.165) is 22.4 Å². The molecule has 0 bridgehead atoms. The largest absolute Gasteiger partial charge is 0.493 e. The Morgan fingerprint density at radius 3 is 2.50 bits per heavy atom. The lowest BCUT2D eigenvalue weighted by atomic mass is 9.88. The van der Waals surface area contributed by atoms with E-state index < -0.39 is 18.1 Å². The average Bonchev–Trinajstić information content (AvgIpc) is 2.91. The highest BCUT2D eigenvalue weighted by molar-refractivity contribution is 5.87. The van der Waals surface area contributed by atoms with Crippen LogP contribution in [0.1, 0.15) is 35.3 Å². The van der Waals surface area contributed by atoms with Crippen molar-refractivity contribution in [2.75, 3.05) is 20.8 Å². The zero-order chi connectivity index (χ0) is 25.7. The van der Waals surface area contributed by atoms with E-state index in [0.29, 0.717) is 24.5 Å². The molecule has 0 aliphatic carbocycles. The molecule has 0 saturated heterocycles. The molecule has 9 heteroatoms. The number of benzene rings is 2. The highest BCUT2D eigenvalue weighted by Gasteiger charge is 2.34. The van der Waals surface area contributed by atoms with Gasteiger partial charge in [-0.2, -0.15) is 0 Å². The van der Waals surface area contributed by atoms with Crippen molar-refractivity contribution in [1.29, 1.82) is 0 Å². The minimum atomic E-state index is -0.776. The number of nitrogens with one attached hydrogen (secondary N) is 2. The normalized spacial score (nSPS) is 15.4. The standard InChI is InChI=1S/C27H29FN4O4/c1-17(26(33)30-16-21-6-4-5-12-29-21)31-27(34)32-13-11-19-14-23(35-2)24(36-3)15-22(19)25(32)18-7-9-20(28)10-8-18/h4-10,12,14-15,17,25H,11,13,16H2,1-3H3,(H,30,33)(H,31,34). The molecule has 2 atom stereocenters. The van der Waals surface area contributed by atoms with Gasteiger partial charge in [-0.05, 0) is 66.4 Å². The molecule has 2 unspecified atom stereocenters. The van der Waals surface area contributed by atoms with E-state index in [2.05, 4.69) is 15.6 Å². The summed E-state index contributed by atoms with van der Waals surface area (Å²) in [7, 11) is 3.13. The number of amides is 3. The number of pyridine rings is 1. The SMILES string of the molecule is COc1cc2c(cc1OC)C(c1ccc(F)cc1)N(C(=O)NC(C)C(=O)NCc1ccccn1)CC2. The summed E-state index contributed by atoms with van der Waals surface area (Å²) in [6.45, 7) is 2.29. The first-order chi connectivity index (χ1) is 17.4. The van der Waals surface area contributed by atoms with Gasteiger partial charge < -0.3 is 25.0 Å². The lowest BCUT2D eigenvalue weighted by Gasteiger charge is -2.38. The van der Waals surface area contributed by atoms with Gasteiger partial charge in [0.15, 0.2) is 11.5 Å². The van der Waals surface area contributed by atoms with Crippen LogP contribution in [0.15, 0.2) is 60.8 Å². The van der Waals surface area contributed by atoms with Crippen LogP contribution in [0, 0.1) is 5.82 Å². The van der Waals surface area contributed by atoms with Crippen molar-refractivity contribution < 1.29 is 23.5 Å². The summed E-state index contributed by atoms with van der Waals surface area (Å²) >= 11 is 0. The van der Waals surface area contributed by atoms with Gasteiger partial charge in [0.25, 0.3) is 0 Å². The van der Waals surface area contributed by atoms with Gasteiger partial charge in [-0.3, -0.25) is 9.78 Å². The number of urea groups is 1. The lowest BCUT2D eigenvalue weighted by Crippen LogP contribution is -2.52. The molecule has 0 radical (unpaired) electrons. The fraction of sp³-hybridized carbons (Fsp3) is 0.296. The summed E-state index contributed by atoms with van der Waals surface area (Å²) < 4.78 is 24.7. The number of aromatic nitrogens is 1. The van der Waals surface area contributed by atoms with Gasteiger partial charge in [0, 0.05) is 12.7 Å². The second kappa shape index (κ2) is 11.1. The third-order valence-electron chi connectivity index (χ3n) is 6.22. The second-order valence-electron chi connectivity index (χ2n) is 8.51. The molecular formula is C27H29FN4O4. The summed E-state index contributed by atoms with van der Waals surface area (Å²) in [5.41, 5.74) is 3.32. The van der Waals surface area contributed by atoms with Crippen molar-refractivity contribution in [3.05, 3.63) is 89.0 Å². The molecule has 188 valence electrons. The lowest BCUT2D eigenvalue weighted by molar-refractivity contribution is -0.122. The van der Waals surface area contributed by atoms with Crippen molar-refractivity contribution in [3.8, 4) is 11.5 Å². The number of hydrogen-bond donors (Lipinski definition) is 2. The zero-order valence-electron chi connectivity index (χ0n) is 20.5. The van der Waals surface area contributed by atoms with Crippen LogP contribution in [-0.4, -0.2) is 48.6 Å². The first kappa shape index (κ1) is 25.0. The number of nitrogens with zero attached hydrogens (tertiary/aromatic N) is 2. The topological polar surface area (TPSA) is 92.8 Å². The minimum Gasteiger partial charge on any atom is -0.493 e. The highest BCUT2D eigenvalue weighted by Crippen LogP contribution is 2.41. The van der Waals surface area contributed by atoms with Crippen molar-refractivity contribution in [2.24, 2.45) is 0 Å². The van der Waals surface area contributed by atoms with Crippen LogP contribution in [0.3, 0.4) is 0 Å². The molecule has 0 saturated carbocycles. The number of carbonyl (C=O) groups excluding carboxylic acids is 2. The van der Waals surface area contributed by atoms with E-state index in [1.54, 1.807) is 50.4 Å². The molecule has 8 nitrogen and oxygen atoms in total. The molecule has 1 aromatic heterocycles. The van der Waals surface area contributed by atoms with Crippen LogP contribution >= 0.6 is 0 Å². The van der Waals surface area contributed by atoms with Gasteiger partial charge >= 0.3 is 6.03 Å². The fourth-order valence-corrected chi connectivity index (χ4v) is 4.34. The van der Waals surface area contributed by atoms with Crippen LogP contribution in [0.5, 0.6) is 11.5 Å². The first-order valence-electron chi connectivity index (χ1n) is 11.7. The van der Waals surface area contributed by atoms with Crippen LogP contribution in [0.2, 0.25) is 0 Å². The third kappa shape index (κ3) is 5.40. The molecule has 3 aromatic rings. The number of methoxy groups -OCH3 is 2. The van der Waals surface area contributed by atoms with Crippen LogP contribution in [0.25, 0.3) is 0 Å². The summed E-state index contributed by atoms with van der Waals surface area (Å²) in [4.78, 5) is 31.9. The summed E-state index contributed by atoms with van der Waals surface area (Å²) in [5, 5.41) is 5.60. The van der Waals surface area contributed by atoms with Crippen molar-refractivity contribution in [1.82, 2.24) is 20.5 Å². The molecule has 36 heavy (non-hydrogen) atoms. The van der Waals surface area contributed by atoms with E-state index >= 15 is 0 Å². The Labute approximate surface area is 209 Å². The van der Waals surface area contributed by atoms with Gasteiger partial charge in [0.2, 0.25) is 5.91 Å². The van der Waals surface area contributed by atoms with Crippen LogP contribution in [0.4, 0.5) is 9.18 Å². The number of rotatable bonds is 7. The Bertz CT molecular complexity index is 1220. The van der Waals surface area contributed by atoms with E-state index in [-0.39, 0.29) is 18.3 Å². The maximum Gasteiger partial charge on any atom is 0.318 e. The molecule has 3 amide bonds. The van der Waals surface area contributed by atoms with E-state index in [4.69, 9.17) is 9.47 Å². The van der Waals surface area contributed by atoms with Gasteiger partial charge in [0.1, 0.15) is 11.9 Å². The molecule has 2 N–H and O–H groups in total. The van der Waals surface area contributed by atoms with E-state index in [1.807, 2.05) is 24.3 Å². The fourth-order valence-electron chi connectivity index (χ4n) is 4.34. The Morgan fingerprint density at radius 2 is 1.83 bits per heavy atom. The Morgan fingerprint density at radius 1 is 1.11 bits per heavy atom. The molecular weight excluding hydrogens is 463 g/mol. The Kier molecular flexibility index (Phi) is 7.68. The predicted octanol–water partition coefficient (Wildman–Crippen LogP) is 3.60. The maximum absolute atomic E-state index is 13.7. The number of halogens is 1. The zero-order valence-corrected chi connectivity index (χ0v) is 20.5. The third-order valence-corrected chi connectivity index (χ3v) is 6.22.